The molecule has 1 aliphatic rings. The molecule has 0 radical (unpaired) electrons. The SMILES string of the molecule is Cc1cc2c(cc1/C=C(/C#N)c1ccc(Cl)cc1)[C@H](C)CC(C)(C)N2C(C)C. The first-order valence-electron chi connectivity index (χ1n) is 9.95. The van der Waals surface area contributed by atoms with E-state index in [2.05, 4.69) is 64.6 Å². The van der Waals surface area contributed by atoms with Crippen molar-refractivity contribution in [1.82, 2.24) is 0 Å². The predicted molar refractivity (Wildman–Crippen MR) is 121 cm³/mol. The summed E-state index contributed by atoms with van der Waals surface area (Å²) in [6, 6.07) is 14.8. The van der Waals surface area contributed by atoms with E-state index in [9.17, 15) is 5.26 Å². The lowest BCUT2D eigenvalue weighted by Crippen LogP contribution is -2.51. The minimum absolute atomic E-state index is 0.130. The summed E-state index contributed by atoms with van der Waals surface area (Å²) >= 11 is 6.00. The lowest BCUT2D eigenvalue weighted by atomic mass is 9.78. The van der Waals surface area contributed by atoms with Crippen LogP contribution in [0.3, 0.4) is 0 Å². The molecule has 0 spiro atoms. The molecular formula is C25H29ClN2. The third-order valence-corrected chi connectivity index (χ3v) is 6.01. The van der Waals surface area contributed by atoms with Crippen LogP contribution in [-0.4, -0.2) is 11.6 Å². The Kier molecular flexibility index (Phi) is 5.60. The molecule has 0 aliphatic carbocycles. The third-order valence-electron chi connectivity index (χ3n) is 5.76. The zero-order valence-electron chi connectivity index (χ0n) is 17.7. The van der Waals surface area contributed by atoms with Crippen molar-refractivity contribution in [2.24, 2.45) is 0 Å². The van der Waals surface area contributed by atoms with Gasteiger partial charge in [0.2, 0.25) is 0 Å². The highest BCUT2D eigenvalue weighted by molar-refractivity contribution is 6.30. The van der Waals surface area contributed by atoms with Gasteiger partial charge in [-0.15, -0.1) is 0 Å². The summed E-state index contributed by atoms with van der Waals surface area (Å²) in [6.45, 7) is 13.6. The summed E-state index contributed by atoms with van der Waals surface area (Å²) in [5.74, 6) is 0.480. The number of halogens is 1. The normalized spacial score (nSPS) is 18.8. The van der Waals surface area contributed by atoms with E-state index in [4.69, 9.17) is 11.6 Å². The smallest absolute Gasteiger partial charge is 0.0998 e. The molecule has 0 N–H and O–H groups in total. The molecule has 2 aromatic rings. The molecule has 2 aromatic carbocycles. The number of aryl methyl sites for hydroxylation is 1. The fraction of sp³-hybridized carbons (Fsp3) is 0.400. The molecule has 1 heterocycles. The summed E-state index contributed by atoms with van der Waals surface area (Å²) in [6.07, 6.45) is 3.12. The minimum atomic E-state index is 0.130. The van der Waals surface area contributed by atoms with Crippen LogP contribution < -0.4 is 4.90 Å². The van der Waals surface area contributed by atoms with E-state index in [1.54, 1.807) is 0 Å². The van der Waals surface area contributed by atoms with Crippen LogP contribution in [0.1, 0.15) is 69.2 Å². The Bertz CT molecular complexity index is 946. The molecule has 0 aromatic heterocycles. The van der Waals surface area contributed by atoms with Crippen LogP contribution in [0.5, 0.6) is 0 Å². The molecule has 0 saturated heterocycles. The van der Waals surface area contributed by atoms with Gasteiger partial charge in [-0.05, 0) is 99.6 Å². The van der Waals surface area contributed by atoms with Gasteiger partial charge < -0.3 is 4.90 Å². The predicted octanol–water partition coefficient (Wildman–Crippen LogP) is 7.21. The highest BCUT2D eigenvalue weighted by Gasteiger charge is 2.37. The Morgan fingerprint density at radius 2 is 1.89 bits per heavy atom. The van der Waals surface area contributed by atoms with Gasteiger partial charge in [0.15, 0.2) is 0 Å². The molecule has 0 fully saturated rings. The van der Waals surface area contributed by atoms with E-state index in [0.29, 0.717) is 22.6 Å². The molecular weight excluding hydrogens is 364 g/mol. The van der Waals surface area contributed by atoms with Gasteiger partial charge in [-0.3, -0.25) is 0 Å². The molecule has 0 saturated carbocycles. The minimum Gasteiger partial charge on any atom is -0.364 e. The molecule has 2 nitrogen and oxygen atoms in total. The number of rotatable bonds is 3. The van der Waals surface area contributed by atoms with Crippen LogP contribution in [0.4, 0.5) is 5.69 Å². The zero-order valence-corrected chi connectivity index (χ0v) is 18.4. The van der Waals surface area contributed by atoms with E-state index in [1.165, 1.54) is 16.8 Å². The van der Waals surface area contributed by atoms with Gasteiger partial charge >= 0.3 is 0 Å². The molecule has 28 heavy (non-hydrogen) atoms. The van der Waals surface area contributed by atoms with Gasteiger partial charge in [-0.1, -0.05) is 30.7 Å². The van der Waals surface area contributed by atoms with Crippen LogP contribution in [0.2, 0.25) is 5.02 Å². The van der Waals surface area contributed by atoms with E-state index >= 15 is 0 Å². The van der Waals surface area contributed by atoms with Gasteiger partial charge in [-0.25, -0.2) is 0 Å². The standard InChI is InChI=1S/C25H29ClN2/c1-16(2)28-24-11-17(3)20(13-23(24)18(4)14-25(28,5)6)12-21(15-27)19-7-9-22(26)10-8-19/h7-13,16,18H,14H2,1-6H3/b21-12-/t18-/m1/s1. The van der Waals surface area contributed by atoms with Crippen molar-refractivity contribution >= 4 is 28.9 Å². The Morgan fingerprint density at radius 3 is 2.46 bits per heavy atom. The van der Waals surface area contributed by atoms with Gasteiger partial charge in [0.25, 0.3) is 0 Å². The van der Waals surface area contributed by atoms with Crippen LogP contribution in [-0.2, 0) is 0 Å². The average molecular weight is 393 g/mol. The van der Waals surface area contributed by atoms with E-state index < -0.39 is 0 Å². The van der Waals surface area contributed by atoms with Crippen molar-refractivity contribution < 1.29 is 0 Å². The van der Waals surface area contributed by atoms with Gasteiger partial charge in [0.1, 0.15) is 0 Å². The number of fused-ring (bicyclic) bond motifs is 1. The maximum absolute atomic E-state index is 9.72. The maximum atomic E-state index is 9.72. The highest BCUT2D eigenvalue weighted by atomic mass is 35.5. The first-order chi connectivity index (χ1) is 13.1. The molecule has 1 atom stereocenters. The molecule has 1 aliphatic heterocycles. The first kappa shape index (κ1) is 20.5. The molecule has 3 heteroatoms. The Morgan fingerprint density at radius 1 is 1.25 bits per heavy atom. The van der Waals surface area contributed by atoms with E-state index in [1.807, 2.05) is 30.3 Å². The van der Waals surface area contributed by atoms with Crippen molar-refractivity contribution in [3.8, 4) is 6.07 Å². The maximum Gasteiger partial charge on any atom is 0.0998 e. The molecule has 0 unspecified atom stereocenters. The molecule has 146 valence electrons. The second-order valence-electron chi connectivity index (χ2n) is 8.83. The first-order valence-corrected chi connectivity index (χ1v) is 10.3. The van der Waals surface area contributed by atoms with Gasteiger partial charge in [-0.2, -0.15) is 5.26 Å². The topological polar surface area (TPSA) is 27.0 Å². The fourth-order valence-corrected chi connectivity index (χ4v) is 4.84. The van der Waals surface area contributed by atoms with Crippen LogP contribution in [0.25, 0.3) is 11.6 Å². The van der Waals surface area contributed by atoms with E-state index in [0.717, 1.165) is 17.5 Å². The summed E-state index contributed by atoms with van der Waals surface area (Å²) in [5.41, 5.74) is 6.69. The fourth-order valence-electron chi connectivity index (χ4n) is 4.71. The Hall–Kier alpha value is -2.24. The lowest BCUT2D eigenvalue weighted by Gasteiger charge is -2.50. The number of anilines is 1. The summed E-state index contributed by atoms with van der Waals surface area (Å²) < 4.78 is 0. The van der Waals surface area contributed by atoms with Crippen LogP contribution in [0.15, 0.2) is 36.4 Å². The number of hydrogen-bond acceptors (Lipinski definition) is 2. The number of allylic oxidation sites excluding steroid dienone is 1. The summed E-state index contributed by atoms with van der Waals surface area (Å²) in [5, 5.41) is 10.4. The average Bonchev–Trinajstić information content (AvgIpc) is 2.60. The van der Waals surface area contributed by atoms with Crippen molar-refractivity contribution in [3.63, 3.8) is 0 Å². The Labute approximate surface area is 174 Å². The second kappa shape index (κ2) is 7.64. The third kappa shape index (κ3) is 3.82. The largest absolute Gasteiger partial charge is 0.364 e. The van der Waals surface area contributed by atoms with Crippen molar-refractivity contribution in [2.75, 3.05) is 4.90 Å². The molecule has 0 amide bonds. The number of benzene rings is 2. The number of hydrogen-bond donors (Lipinski definition) is 0. The van der Waals surface area contributed by atoms with Crippen LogP contribution in [0, 0.1) is 18.3 Å². The highest BCUT2D eigenvalue weighted by Crippen LogP contribution is 2.45. The van der Waals surface area contributed by atoms with Crippen molar-refractivity contribution in [1.29, 1.82) is 5.26 Å². The monoisotopic (exact) mass is 392 g/mol. The van der Waals surface area contributed by atoms with Crippen molar-refractivity contribution in [3.05, 3.63) is 63.7 Å². The van der Waals surface area contributed by atoms with E-state index in [-0.39, 0.29) is 5.54 Å². The van der Waals surface area contributed by atoms with Crippen LogP contribution >= 0.6 is 11.6 Å². The molecule has 0 bridgehead atoms. The number of nitriles is 1. The molecule has 3 rings (SSSR count). The van der Waals surface area contributed by atoms with Gasteiger partial charge in [0, 0.05) is 22.3 Å². The van der Waals surface area contributed by atoms with Crippen molar-refractivity contribution in [2.45, 2.75) is 65.5 Å². The second-order valence-corrected chi connectivity index (χ2v) is 9.26. The number of nitrogens with zero attached hydrogens (tertiary/aromatic N) is 2. The quantitative estimate of drug-likeness (QED) is 0.407. The summed E-state index contributed by atoms with van der Waals surface area (Å²) in [4.78, 5) is 2.55. The Balaban J connectivity index is 2.12. The van der Waals surface area contributed by atoms with Gasteiger partial charge in [0.05, 0.1) is 11.6 Å². The zero-order chi connectivity index (χ0) is 20.6. The summed E-state index contributed by atoms with van der Waals surface area (Å²) in [7, 11) is 0. The lowest BCUT2D eigenvalue weighted by molar-refractivity contribution is 0.356.